The van der Waals surface area contributed by atoms with E-state index in [1.165, 1.54) is 10.7 Å². The van der Waals surface area contributed by atoms with E-state index >= 15 is 0 Å². The van der Waals surface area contributed by atoms with Crippen LogP contribution < -0.4 is 4.72 Å². The summed E-state index contributed by atoms with van der Waals surface area (Å²) in [4.78, 5) is 11.2. The Morgan fingerprint density at radius 1 is 1.38 bits per heavy atom. The van der Waals surface area contributed by atoms with Crippen LogP contribution in [0.15, 0.2) is 11.0 Å². The van der Waals surface area contributed by atoms with Crippen molar-refractivity contribution in [2.24, 2.45) is 7.05 Å². The number of anilines is 1. The maximum Gasteiger partial charge on any atom is 0.346 e. The zero-order valence-electron chi connectivity index (χ0n) is 12.0. The van der Waals surface area contributed by atoms with Gasteiger partial charge in [-0.1, -0.05) is 0 Å². The molecule has 0 amide bonds. The van der Waals surface area contributed by atoms with E-state index in [4.69, 9.17) is 5.11 Å². The van der Waals surface area contributed by atoms with Crippen LogP contribution in [-0.2, 0) is 17.1 Å². The molecule has 2 aromatic rings. The molecule has 2 heterocycles. The quantitative estimate of drug-likeness (QED) is 0.892. The van der Waals surface area contributed by atoms with Crippen molar-refractivity contribution in [3.8, 4) is 0 Å². The van der Waals surface area contributed by atoms with Gasteiger partial charge in [0.2, 0.25) is 0 Å². The van der Waals surface area contributed by atoms with Crippen molar-refractivity contribution in [1.82, 2.24) is 9.78 Å². The Balaban J connectivity index is 2.42. The molecule has 0 atom stereocenters. The second-order valence-corrected chi connectivity index (χ2v) is 7.33. The molecule has 0 aromatic carbocycles. The van der Waals surface area contributed by atoms with Gasteiger partial charge in [0, 0.05) is 7.05 Å². The lowest BCUT2D eigenvalue weighted by atomic mass is 10.3. The molecule has 7 nitrogen and oxygen atoms in total. The Bertz CT molecular complexity index is 818. The molecule has 0 radical (unpaired) electrons. The first kappa shape index (κ1) is 15.5. The standard InChI is InChI=1S/C12H15N3O4S2/c1-6-5-9(20-10(6)12(16)17)14-21(18,19)11-7(2)13-15(4)8(11)3/h5,14H,1-4H3,(H,16,17). The SMILES string of the molecule is Cc1cc(NS(=O)(=O)c2c(C)nn(C)c2C)sc1C(=O)O. The molecule has 21 heavy (non-hydrogen) atoms. The molecule has 0 unspecified atom stereocenters. The lowest BCUT2D eigenvalue weighted by molar-refractivity contribution is 0.0701. The summed E-state index contributed by atoms with van der Waals surface area (Å²) in [6.45, 7) is 4.90. The zero-order chi connectivity index (χ0) is 15.9. The van der Waals surface area contributed by atoms with Gasteiger partial charge in [-0.2, -0.15) is 5.10 Å². The molecule has 0 aliphatic heterocycles. The molecule has 114 valence electrons. The minimum absolute atomic E-state index is 0.118. The topological polar surface area (TPSA) is 101 Å². The average molecular weight is 329 g/mol. The lowest BCUT2D eigenvalue weighted by Gasteiger charge is -2.06. The number of carboxylic acids is 1. The molecule has 2 rings (SSSR count). The Kier molecular flexibility index (Phi) is 3.81. The third kappa shape index (κ3) is 2.79. The second-order valence-electron chi connectivity index (χ2n) is 4.66. The highest BCUT2D eigenvalue weighted by Gasteiger charge is 2.25. The van der Waals surface area contributed by atoms with Crippen LogP contribution in [0, 0.1) is 20.8 Å². The largest absolute Gasteiger partial charge is 0.477 e. The Morgan fingerprint density at radius 3 is 2.43 bits per heavy atom. The molecule has 0 fully saturated rings. The van der Waals surface area contributed by atoms with Crippen LogP contribution in [-0.4, -0.2) is 29.3 Å². The molecule has 0 aliphatic carbocycles. The van der Waals surface area contributed by atoms with Crippen LogP contribution >= 0.6 is 11.3 Å². The van der Waals surface area contributed by atoms with Gasteiger partial charge in [0.15, 0.2) is 0 Å². The van der Waals surface area contributed by atoms with E-state index in [2.05, 4.69) is 9.82 Å². The third-order valence-corrected chi connectivity index (χ3v) is 5.95. The number of rotatable bonds is 4. The van der Waals surface area contributed by atoms with Gasteiger partial charge in [-0.15, -0.1) is 11.3 Å². The molecule has 2 N–H and O–H groups in total. The predicted octanol–water partition coefficient (Wildman–Crippen LogP) is 1.91. The third-order valence-electron chi connectivity index (χ3n) is 3.06. The summed E-state index contributed by atoms with van der Waals surface area (Å²) in [7, 11) is -2.13. The number of hydrogen-bond donors (Lipinski definition) is 2. The summed E-state index contributed by atoms with van der Waals surface area (Å²) in [6.07, 6.45) is 0. The first-order valence-corrected chi connectivity index (χ1v) is 8.30. The smallest absolute Gasteiger partial charge is 0.346 e. The summed E-state index contributed by atoms with van der Waals surface area (Å²) in [6, 6.07) is 1.51. The summed E-state index contributed by atoms with van der Waals surface area (Å²) < 4.78 is 28.8. The predicted molar refractivity (Wildman–Crippen MR) is 79.5 cm³/mol. The highest BCUT2D eigenvalue weighted by atomic mass is 32.2. The number of nitrogens with zero attached hydrogens (tertiary/aromatic N) is 2. The molecule has 9 heteroatoms. The van der Waals surface area contributed by atoms with Gasteiger partial charge >= 0.3 is 5.97 Å². The number of carboxylic acid groups (broad SMARTS) is 1. The maximum absolute atomic E-state index is 12.4. The number of aromatic nitrogens is 2. The van der Waals surface area contributed by atoms with Crippen LogP contribution in [0.1, 0.15) is 26.6 Å². The van der Waals surface area contributed by atoms with Crippen LogP contribution in [0.3, 0.4) is 0 Å². The van der Waals surface area contributed by atoms with Gasteiger partial charge in [-0.25, -0.2) is 13.2 Å². The van der Waals surface area contributed by atoms with Gasteiger partial charge in [0.05, 0.1) is 11.4 Å². The molecule has 0 spiro atoms. The number of aromatic carboxylic acids is 1. The van der Waals surface area contributed by atoms with Gasteiger partial charge in [-0.05, 0) is 32.4 Å². The van der Waals surface area contributed by atoms with Gasteiger partial charge < -0.3 is 5.11 Å². The molecule has 0 saturated heterocycles. The summed E-state index contributed by atoms with van der Waals surface area (Å²) in [5, 5.41) is 13.4. The summed E-state index contributed by atoms with van der Waals surface area (Å²) >= 11 is 0.891. The van der Waals surface area contributed by atoms with E-state index in [0.717, 1.165) is 11.3 Å². The highest BCUT2D eigenvalue weighted by Crippen LogP contribution is 2.29. The molecular formula is C12H15N3O4S2. The normalized spacial score (nSPS) is 11.6. The van der Waals surface area contributed by atoms with Gasteiger partial charge in [0.1, 0.15) is 14.8 Å². The van der Waals surface area contributed by atoms with E-state index in [1.807, 2.05) is 0 Å². The molecular weight excluding hydrogens is 314 g/mol. The van der Waals surface area contributed by atoms with Crippen molar-refractivity contribution < 1.29 is 18.3 Å². The Hall–Kier alpha value is -1.87. The average Bonchev–Trinajstić information content (AvgIpc) is 2.79. The Labute approximate surface area is 126 Å². The fourth-order valence-electron chi connectivity index (χ4n) is 2.07. The first-order valence-electron chi connectivity index (χ1n) is 6.00. The van der Waals surface area contributed by atoms with Crippen molar-refractivity contribution >= 4 is 32.3 Å². The van der Waals surface area contributed by atoms with Crippen molar-refractivity contribution in [2.75, 3.05) is 4.72 Å². The van der Waals surface area contributed by atoms with Crippen LogP contribution in [0.2, 0.25) is 0 Å². The van der Waals surface area contributed by atoms with E-state index in [0.29, 0.717) is 17.0 Å². The molecule has 2 aromatic heterocycles. The summed E-state index contributed by atoms with van der Waals surface area (Å²) in [5.74, 6) is -1.07. The Morgan fingerprint density at radius 2 is 2.00 bits per heavy atom. The highest BCUT2D eigenvalue weighted by molar-refractivity contribution is 7.93. The summed E-state index contributed by atoms with van der Waals surface area (Å²) in [5.41, 5.74) is 1.44. The molecule has 0 bridgehead atoms. The fraction of sp³-hybridized carbons (Fsp3) is 0.333. The van der Waals surface area contributed by atoms with E-state index in [-0.39, 0.29) is 14.8 Å². The number of aryl methyl sites for hydroxylation is 3. The van der Waals surface area contributed by atoms with Crippen molar-refractivity contribution in [1.29, 1.82) is 0 Å². The van der Waals surface area contributed by atoms with Crippen LogP contribution in [0.5, 0.6) is 0 Å². The number of sulfonamides is 1. The second kappa shape index (κ2) is 5.15. The van der Waals surface area contributed by atoms with E-state index in [9.17, 15) is 13.2 Å². The van der Waals surface area contributed by atoms with Gasteiger partial charge in [-0.3, -0.25) is 9.40 Å². The molecule has 0 aliphatic rings. The minimum Gasteiger partial charge on any atom is -0.477 e. The zero-order valence-corrected chi connectivity index (χ0v) is 13.6. The minimum atomic E-state index is -3.80. The van der Waals surface area contributed by atoms with Crippen LogP contribution in [0.4, 0.5) is 5.00 Å². The van der Waals surface area contributed by atoms with Crippen molar-refractivity contribution in [3.05, 3.63) is 27.9 Å². The fourth-order valence-corrected chi connectivity index (χ4v) is 4.71. The van der Waals surface area contributed by atoms with Crippen molar-refractivity contribution in [3.63, 3.8) is 0 Å². The number of thiophene rings is 1. The van der Waals surface area contributed by atoms with E-state index < -0.39 is 16.0 Å². The van der Waals surface area contributed by atoms with Gasteiger partial charge in [0.25, 0.3) is 10.0 Å². The maximum atomic E-state index is 12.4. The number of nitrogens with one attached hydrogen (secondary N) is 1. The number of carbonyl (C=O) groups is 1. The lowest BCUT2D eigenvalue weighted by Crippen LogP contribution is -2.14. The van der Waals surface area contributed by atoms with E-state index in [1.54, 1.807) is 27.8 Å². The van der Waals surface area contributed by atoms with Crippen LogP contribution in [0.25, 0.3) is 0 Å². The number of hydrogen-bond acceptors (Lipinski definition) is 5. The first-order chi connectivity index (χ1) is 9.63. The van der Waals surface area contributed by atoms with Crippen molar-refractivity contribution in [2.45, 2.75) is 25.7 Å². The molecule has 0 saturated carbocycles. The monoisotopic (exact) mass is 329 g/mol.